The van der Waals surface area contributed by atoms with Crippen molar-refractivity contribution >= 4 is 21.6 Å². The zero-order valence-electron chi connectivity index (χ0n) is 12.4. The van der Waals surface area contributed by atoms with Crippen LogP contribution in [0.15, 0.2) is 33.7 Å². The lowest BCUT2D eigenvalue weighted by Gasteiger charge is -2.24. The van der Waals surface area contributed by atoms with Crippen LogP contribution in [0.1, 0.15) is 23.9 Å². The van der Waals surface area contributed by atoms with Crippen molar-refractivity contribution in [1.82, 2.24) is 9.88 Å². The fraction of sp³-hybridized carbons (Fsp3) is 0.357. The van der Waals surface area contributed by atoms with Crippen LogP contribution >= 0.6 is 11.6 Å². The fourth-order valence-electron chi connectivity index (χ4n) is 2.08. The normalized spacial score (nSPS) is 14.8. The van der Waals surface area contributed by atoms with Crippen molar-refractivity contribution in [2.45, 2.75) is 31.3 Å². The highest BCUT2D eigenvalue weighted by Crippen LogP contribution is 2.24. The average molecular weight is 345 g/mol. The Balaban J connectivity index is 2.19. The highest BCUT2D eigenvalue weighted by atomic mass is 35.5. The van der Waals surface area contributed by atoms with E-state index in [-0.39, 0.29) is 22.9 Å². The van der Waals surface area contributed by atoms with Gasteiger partial charge in [-0.25, -0.2) is 13.1 Å². The number of hydrogen-bond acceptors (Lipinski definition) is 5. The lowest BCUT2D eigenvalue weighted by Crippen LogP contribution is -2.38. The molecule has 1 aromatic heterocycles. The molecule has 0 radical (unpaired) electrons. The van der Waals surface area contributed by atoms with Gasteiger partial charge in [0.1, 0.15) is 16.2 Å². The molecule has 2 rings (SSSR count). The van der Waals surface area contributed by atoms with Gasteiger partial charge in [-0.05, 0) is 38.5 Å². The Morgan fingerprint density at radius 3 is 2.41 bits per heavy atom. The SMILES string of the molecule is Cc1noc(C)c1S(=O)(=O)NCC(C)(O)c1ccc(Cl)cc1. The Bertz CT molecular complexity index is 747. The second-order valence-corrected chi connectivity index (χ2v) is 7.40. The van der Waals surface area contributed by atoms with Gasteiger partial charge in [0, 0.05) is 11.6 Å². The second kappa shape index (κ2) is 6.00. The molecule has 2 N–H and O–H groups in total. The quantitative estimate of drug-likeness (QED) is 0.866. The van der Waals surface area contributed by atoms with E-state index in [9.17, 15) is 13.5 Å². The van der Waals surface area contributed by atoms with Gasteiger partial charge in [-0.2, -0.15) is 0 Å². The highest BCUT2D eigenvalue weighted by Gasteiger charge is 2.29. The standard InChI is InChI=1S/C14H17ClN2O4S/c1-9-13(10(2)21-17-9)22(19,20)16-8-14(3,18)11-4-6-12(15)7-5-11/h4-7,16,18H,8H2,1-3H3. The van der Waals surface area contributed by atoms with Gasteiger partial charge in [0.05, 0.1) is 0 Å². The van der Waals surface area contributed by atoms with Gasteiger partial charge in [0.15, 0.2) is 5.76 Å². The minimum atomic E-state index is -3.82. The van der Waals surface area contributed by atoms with Crippen LogP contribution in [0.2, 0.25) is 5.02 Å². The zero-order chi connectivity index (χ0) is 16.5. The van der Waals surface area contributed by atoms with E-state index >= 15 is 0 Å². The van der Waals surface area contributed by atoms with Gasteiger partial charge in [-0.15, -0.1) is 0 Å². The number of nitrogens with one attached hydrogen (secondary N) is 1. The number of nitrogens with zero attached hydrogens (tertiary/aromatic N) is 1. The first-order chi connectivity index (χ1) is 10.1. The summed E-state index contributed by atoms with van der Waals surface area (Å²) in [7, 11) is -3.82. The molecule has 0 saturated carbocycles. The smallest absolute Gasteiger partial charge is 0.246 e. The molecule has 0 aliphatic rings. The fourth-order valence-corrected chi connectivity index (χ4v) is 3.66. The molecular weight excluding hydrogens is 328 g/mol. The molecule has 0 saturated heterocycles. The Hall–Kier alpha value is -1.41. The van der Waals surface area contributed by atoms with Gasteiger partial charge in [0.2, 0.25) is 10.0 Å². The first kappa shape index (κ1) is 17.0. The van der Waals surface area contributed by atoms with Crippen LogP contribution in [0.25, 0.3) is 0 Å². The van der Waals surface area contributed by atoms with E-state index in [1.54, 1.807) is 31.2 Å². The first-order valence-corrected chi connectivity index (χ1v) is 8.40. The maximum Gasteiger partial charge on any atom is 0.246 e. The van der Waals surface area contributed by atoms with Crippen LogP contribution < -0.4 is 4.72 Å². The number of hydrogen-bond donors (Lipinski definition) is 2. The van der Waals surface area contributed by atoms with Crippen molar-refractivity contribution < 1.29 is 18.0 Å². The molecule has 1 atom stereocenters. The zero-order valence-corrected chi connectivity index (χ0v) is 14.0. The summed E-state index contributed by atoms with van der Waals surface area (Å²) in [5.74, 6) is 0.205. The second-order valence-electron chi connectivity index (χ2n) is 5.26. The maximum atomic E-state index is 12.3. The predicted molar refractivity (Wildman–Crippen MR) is 82.2 cm³/mol. The average Bonchev–Trinajstić information content (AvgIpc) is 2.77. The molecular formula is C14H17ClN2O4S. The third-order valence-corrected chi connectivity index (χ3v) is 5.21. The van der Waals surface area contributed by atoms with E-state index in [2.05, 4.69) is 9.88 Å². The van der Waals surface area contributed by atoms with E-state index in [0.29, 0.717) is 10.6 Å². The van der Waals surface area contributed by atoms with Crippen LogP contribution in [-0.2, 0) is 15.6 Å². The van der Waals surface area contributed by atoms with Gasteiger partial charge in [-0.3, -0.25) is 0 Å². The van der Waals surface area contributed by atoms with E-state index in [4.69, 9.17) is 16.1 Å². The Morgan fingerprint density at radius 2 is 1.91 bits per heavy atom. The largest absolute Gasteiger partial charge is 0.384 e. The molecule has 0 fully saturated rings. The number of sulfonamides is 1. The molecule has 0 spiro atoms. The topological polar surface area (TPSA) is 92.4 Å². The summed E-state index contributed by atoms with van der Waals surface area (Å²) in [5.41, 5.74) is -0.550. The van der Waals surface area contributed by atoms with E-state index in [1.807, 2.05) is 0 Å². The van der Waals surface area contributed by atoms with Crippen molar-refractivity contribution in [2.24, 2.45) is 0 Å². The van der Waals surface area contributed by atoms with Crippen LogP contribution in [-0.4, -0.2) is 25.2 Å². The van der Waals surface area contributed by atoms with Crippen molar-refractivity contribution in [2.75, 3.05) is 6.54 Å². The van der Waals surface area contributed by atoms with Crippen molar-refractivity contribution in [1.29, 1.82) is 0 Å². The molecule has 22 heavy (non-hydrogen) atoms. The number of halogens is 1. The lowest BCUT2D eigenvalue weighted by molar-refractivity contribution is 0.0627. The van der Waals surface area contributed by atoms with Gasteiger partial charge in [-0.1, -0.05) is 28.9 Å². The van der Waals surface area contributed by atoms with Crippen LogP contribution in [0.5, 0.6) is 0 Å². The summed E-state index contributed by atoms with van der Waals surface area (Å²) in [4.78, 5) is -0.000550. The van der Waals surface area contributed by atoms with Gasteiger partial charge in [0.25, 0.3) is 0 Å². The molecule has 1 heterocycles. The Morgan fingerprint density at radius 1 is 1.32 bits per heavy atom. The molecule has 8 heteroatoms. The number of aromatic nitrogens is 1. The van der Waals surface area contributed by atoms with Crippen molar-refractivity contribution in [3.63, 3.8) is 0 Å². The van der Waals surface area contributed by atoms with Gasteiger partial charge >= 0.3 is 0 Å². The molecule has 1 aromatic carbocycles. The third kappa shape index (κ3) is 3.49. The highest BCUT2D eigenvalue weighted by molar-refractivity contribution is 7.89. The number of aliphatic hydroxyl groups is 1. The Labute approximate surface area is 134 Å². The molecule has 0 bridgehead atoms. The summed E-state index contributed by atoms with van der Waals surface area (Å²) in [6.07, 6.45) is 0. The molecule has 6 nitrogen and oxygen atoms in total. The van der Waals surface area contributed by atoms with Crippen LogP contribution in [0.4, 0.5) is 0 Å². The maximum absolute atomic E-state index is 12.3. The summed E-state index contributed by atoms with van der Waals surface area (Å²) in [6, 6.07) is 6.56. The van der Waals surface area contributed by atoms with E-state index in [0.717, 1.165) is 0 Å². The summed E-state index contributed by atoms with van der Waals surface area (Å²) in [6.45, 7) is 4.39. The molecule has 2 aromatic rings. The minimum absolute atomic E-state index is 0.000550. The first-order valence-electron chi connectivity index (χ1n) is 6.54. The monoisotopic (exact) mass is 344 g/mol. The molecule has 120 valence electrons. The van der Waals surface area contributed by atoms with E-state index in [1.165, 1.54) is 13.8 Å². The summed E-state index contributed by atoms with van der Waals surface area (Å²) in [5, 5.41) is 14.6. The molecule has 0 aliphatic heterocycles. The number of aryl methyl sites for hydroxylation is 2. The minimum Gasteiger partial charge on any atom is -0.384 e. The predicted octanol–water partition coefficient (Wildman–Crippen LogP) is 2.13. The third-order valence-electron chi connectivity index (χ3n) is 3.31. The van der Waals surface area contributed by atoms with Gasteiger partial charge < -0.3 is 9.63 Å². The van der Waals surface area contributed by atoms with E-state index < -0.39 is 15.6 Å². The van der Waals surface area contributed by atoms with Crippen molar-refractivity contribution in [3.05, 3.63) is 46.3 Å². The number of rotatable bonds is 5. The Kier molecular flexibility index (Phi) is 4.62. The van der Waals surface area contributed by atoms with Crippen molar-refractivity contribution in [3.8, 4) is 0 Å². The van der Waals surface area contributed by atoms with Crippen LogP contribution in [0.3, 0.4) is 0 Å². The molecule has 1 unspecified atom stereocenters. The number of benzene rings is 1. The molecule has 0 aliphatic carbocycles. The summed E-state index contributed by atoms with van der Waals surface area (Å²) >= 11 is 5.80. The molecule has 0 amide bonds. The van der Waals surface area contributed by atoms with Crippen LogP contribution in [0, 0.1) is 13.8 Å². The summed E-state index contributed by atoms with van der Waals surface area (Å²) < 4.78 is 31.9. The lowest BCUT2D eigenvalue weighted by atomic mass is 9.97.